The molecule has 0 aliphatic rings. The molecule has 0 spiro atoms. The quantitative estimate of drug-likeness (QED) is 0.732. The van der Waals surface area contributed by atoms with E-state index < -0.39 is 12.7 Å². The maximum absolute atomic E-state index is 12.1. The molecule has 1 amide bonds. The number of halogens is 1. The fourth-order valence-corrected chi connectivity index (χ4v) is 0.920. The number of carbonyl (C=O) groups is 1. The summed E-state index contributed by atoms with van der Waals surface area (Å²) in [6.45, 7) is 2.78. The number of amides is 1. The predicted octanol–water partition coefficient (Wildman–Crippen LogP) is 0.806. The lowest BCUT2D eigenvalue weighted by atomic mass is 10.2. The number of aromatic amines is 1. The van der Waals surface area contributed by atoms with E-state index in [4.69, 9.17) is 0 Å². The van der Waals surface area contributed by atoms with Crippen LogP contribution < -0.4 is 5.32 Å². The number of H-pyrrole nitrogens is 1. The summed E-state index contributed by atoms with van der Waals surface area (Å²) >= 11 is 0. The third-order valence-corrected chi connectivity index (χ3v) is 1.68. The summed E-state index contributed by atoms with van der Waals surface area (Å²) in [7, 11) is 0. The minimum atomic E-state index is -0.567. The van der Waals surface area contributed by atoms with Crippen molar-refractivity contribution in [2.75, 3.05) is 6.67 Å². The minimum Gasteiger partial charge on any atom is -0.347 e. The van der Waals surface area contributed by atoms with E-state index in [1.807, 2.05) is 0 Å². The largest absolute Gasteiger partial charge is 0.347 e. The minimum absolute atomic E-state index is 0.295. The molecule has 4 nitrogen and oxygen atoms in total. The van der Waals surface area contributed by atoms with E-state index >= 15 is 0 Å². The van der Waals surface area contributed by atoms with Crippen LogP contribution in [0.5, 0.6) is 0 Å². The predicted molar refractivity (Wildman–Crippen MR) is 46.2 cm³/mol. The number of alkyl halides is 1. The zero-order valence-corrected chi connectivity index (χ0v) is 7.60. The Bertz CT molecular complexity index is 297. The van der Waals surface area contributed by atoms with Crippen molar-refractivity contribution in [2.24, 2.45) is 0 Å². The van der Waals surface area contributed by atoms with Crippen molar-refractivity contribution in [3.8, 4) is 0 Å². The Morgan fingerprint density at radius 1 is 1.85 bits per heavy atom. The van der Waals surface area contributed by atoms with Gasteiger partial charge in [-0.05, 0) is 13.8 Å². The van der Waals surface area contributed by atoms with Crippen LogP contribution in [0.15, 0.2) is 6.20 Å². The van der Waals surface area contributed by atoms with Gasteiger partial charge in [0.05, 0.1) is 17.8 Å². The van der Waals surface area contributed by atoms with Gasteiger partial charge in [0.2, 0.25) is 0 Å². The van der Waals surface area contributed by atoms with Gasteiger partial charge in [0.15, 0.2) is 0 Å². The summed E-state index contributed by atoms with van der Waals surface area (Å²) in [4.78, 5) is 11.4. The molecule has 0 bridgehead atoms. The van der Waals surface area contributed by atoms with E-state index in [-0.39, 0.29) is 5.91 Å². The van der Waals surface area contributed by atoms with E-state index in [0.717, 1.165) is 0 Å². The molecule has 0 aliphatic carbocycles. The Morgan fingerprint density at radius 3 is 3.00 bits per heavy atom. The molecule has 0 aliphatic heterocycles. The van der Waals surface area contributed by atoms with Crippen LogP contribution in [0.1, 0.15) is 23.0 Å². The van der Waals surface area contributed by atoms with Gasteiger partial charge in [0.25, 0.3) is 5.91 Å². The zero-order valence-electron chi connectivity index (χ0n) is 7.60. The van der Waals surface area contributed by atoms with Crippen LogP contribution in [0.3, 0.4) is 0 Å². The average Bonchev–Trinajstić information content (AvgIpc) is 2.51. The van der Waals surface area contributed by atoms with Gasteiger partial charge in [-0.1, -0.05) is 0 Å². The highest BCUT2D eigenvalue weighted by Crippen LogP contribution is 2.02. The van der Waals surface area contributed by atoms with E-state index in [9.17, 15) is 9.18 Å². The van der Waals surface area contributed by atoms with Crippen LogP contribution in [0.25, 0.3) is 0 Å². The Labute approximate surface area is 75.5 Å². The van der Waals surface area contributed by atoms with Gasteiger partial charge in [0, 0.05) is 5.69 Å². The number of carbonyl (C=O) groups excluding carboxylic acids is 1. The highest BCUT2D eigenvalue weighted by atomic mass is 19.1. The fourth-order valence-electron chi connectivity index (χ4n) is 0.920. The maximum atomic E-state index is 12.1. The molecular weight excluding hydrogens is 173 g/mol. The van der Waals surface area contributed by atoms with Gasteiger partial charge < -0.3 is 5.32 Å². The number of aryl methyl sites for hydroxylation is 1. The number of hydrogen-bond donors (Lipinski definition) is 2. The first-order chi connectivity index (χ1) is 6.15. The molecule has 0 fully saturated rings. The summed E-state index contributed by atoms with van der Waals surface area (Å²) in [5.41, 5.74) is 1.14. The molecule has 0 saturated heterocycles. The van der Waals surface area contributed by atoms with Crippen LogP contribution in [-0.2, 0) is 0 Å². The van der Waals surface area contributed by atoms with E-state index in [1.54, 1.807) is 13.8 Å². The van der Waals surface area contributed by atoms with Crippen molar-refractivity contribution in [2.45, 2.75) is 19.9 Å². The van der Waals surface area contributed by atoms with Crippen LogP contribution in [0.4, 0.5) is 4.39 Å². The highest BCUT2D eigenvalue weighted by molar-refractivity contribution is 5.95. The molecule has 2 N–H and O–H groups in total. The molecule has 1 unspecified atom stereocenters. The fraction of sp³-hybridized carbons (Fsp3) is 0.500. The standard InChI is InChI=1S/C8H12FN3O/c1-5(3-9)11-8(13)7-4-10-12-6(7)2/h4-5H,3H2,1-2H3,(H,10,12)(H,11,13). The summed E-state index contributed by atoms with van der Waals surface area (Å²) in [6.07, 6.45) is 1.43. The van der Waals surface area contributed by atoms with Crippen LogP contribution in [-0.4, -0.2) is 28.8 Å². The average molecular weight is 185 g/mol. The first-order valence-electron chi connectivity index (χ1n) is 4.02. The van der Waals surface area contributed by atoms with Crippen molar-refractivity contribution in [3.63, 3.8) is 0 Å². The lowest BCUT2D eigenvalue weighted by Gasteiger charge is -2.08. The maximum Gasteiger partial charge on any atom is 0.255 e. The number of nitrogens with one attached hydrogen (secondary N) is 2. The molecular formula is C8H12FN3O. The second-order valence-corrected chi connectivity index (χ2v) is 2.94. The molecule has 1 heterocycles. The first-order valence-corrected chi connectivity index (χ1v) is 4.02. The first kappa shape index (κ1) is 9.70. The van der Waals surface area contributed by atoms with Gasteiger partial charge in [-0.2, -0.15) is 5.10 Å². The summed E-state index contributed by atoms with van der Waals surface area (Å²) < 4.78 is 12.1. The molecule has 1 atom stereocenters. The second kappa shape index (κ2) is 4.02. The van der Waals surface area contributed by atoms with E-state index in [0.29, 0.717) is 11.3 Å². The number of hydrogen-bond acceptors (Lipinski definition) is 2. The van der Waals surface area contributed by atoms with Gasteiger partial charge >= 0.3 is 0 Å². The lowest BCUT2D eigenvalue weighted by molar-refractivity contribution is 0.0933. The molecule has 0 saturated carbocycles. The molecule has 5 heteroatoms. The normalized spacial score (nSPS) is 12.5. The van der Waals surface area contributed by atoms with Crippen LogP contribution in [0, 0.1) is 6.92 Å². The van der Waals surface area contributed by atoms with Crippen molar-refractivity contribution < 1.29 is 9.18 Å². The molecule has 1 aromatic rings. The van der Waals surface area contributed by atoms with Gasteiger partial charge in [-0.3, -0.25) is 9.89 Å². The van der Waals surface area contributed by atoms with Crippen molar-refractivity contribution >= 4 is 5.91 Å². The Balaban J connectivity index is 2.64. The molecule has 1 aromatic heterocycles. The molecule has 0 aromatic carbocycles. The Kier molecular flexibility index (Phi) is 3.00. The number of rotatable bonds is 3. The summed E-state index contributed by atoms with van der Waals surface area (Å²) in [5, 5.41) is 8.83. The van der Waals surface area contributed by atoms with E-state index in [2.05, 4.69) is 15.5 Å². The summed E-state index contributed by atoms with van der Waals surface area (Å²) in [6, 6.07) is -0.457. The smallest absolute Gasteiger partial charge is 0.255 e. The number of nitrogens with zero attached hydrogens (tertiary/aromatic N) is 1. The molecule has 1 rings (SSSR count). The van der Waals surface area contributed by atoms with E-state index in [1.165, 1.54) is 6.20 Å². The third-order valence-electron chi connectivity index (χ3n) is 1.68. The van der Waals surface area contributed by atoms with Crippen LogP contribution >= 0.6 is 0 Å². The lowest BCUT2D eigenvalue weighted by Crippen LogP contribution is -2.34. The van der Waals surface area contributed by atoms with Crippen LogP contribution in [0.2, 0.25) is 0 Å². The third kappa shape index (κ3) is 2.27. The van der Waals surface area contributed by atoms with Crippen molar-refractivity contribution in [1.29, 1.82) is 0 Å². The molecule has 72 valence electrons. The highest BCUT2D eigenvalue weighted by Gasteiger charge is 2.12. The zero-order chi connectivity index (χ0) is 9.84. The number of aromatic nitrogens is 2. The Hall–Kier alpha value is -1.39. The topological polar surface area (TPSA) is 57.8 Å². The molecule has 13 heavy (non-hydrogen) atoms. The second-order valence-electron chi connectivity index (χ2n) is 2.94. The van der Waals surface area contributed by atoms with Gasteiger partial charge in [-0.15, -0.1) is 0 Å². The summed E-state index contributed by atoms with van der Waals surface area (Å²) in [5.74, 6) is -0.295. The van der Waals surface area contributed by atoms with Crippen molar-refractivity contribution in [3.05, 3.63) is 17.5 Å². The monoisotopic (exact) mass is 185 g/mol. The SMILES string of the molecule is Cc1[nH]ncc1C(=O)NC(C)CF. The Morgan fingerprint density at radius 2 is 2.54 bits per heavy atom. The molecule has 0 radical (unpaired) electrons. The van der Waals surface area contributed by atoms with Gasteiger partial charge in [-0.25, -0.2) is 4.39 Å². The van der Waals surface area contributed by atoms with Crippen molar-refractivity contribution in [1.82, 2.24) is 15.5 Å². The van der Waals surface area contributed by atoms with Gasteiger partial charge in [0.1, 0.15) is 6.67 Å².